The van der Waals surface area contributed by atoms with Crippen molar-refractivity contribution < 1.29 is 8.42 Å². The predicted molar refractivity (Wildman–Crippen MR) is 65.0 cm³/mol. The van der Waals surface area contributed by atoms with Gasteiger partial charge in [0.1, 0.15) is 0 Å². The summed E-state index contributed by atoms with van der Waals surface area (Å²) in [6, 6.07) is 0. The normalized spacial score (nSPS) is 49.7. The van der Waals surface area contributed by atoms with Crippen molar-refractivity contribution in [1.82, 2.24) is 0 Å². The summed E-state index contributed by atoms with van der Waals surface area (Å²) in [5.41, 5.74) is 0.178. The molecule has 0 spiro atoms. The third kappa shape index (κ3) is 1.10. The molecular formula is C13H20O2S. The van der Waals surface area contributed by atoms with Crippen molar-refractivity contribution in [2.24, 2.45) is 10.8 Å². The van der Waals surface area contributed by atoms with Gasteiger partial charge in [-0.15, -0.1) is 0 Å². The van der Waals surface area contributed by atoms with E-state index in [1.54, 1.807) is 0 Å². The lowest BCUT2D eigenvalue weighted by Gasteiger charge is -2.51. The Hall–Kier alpha value is -0.310. The van der Waals surface area contributed by atoms with Crippen molar-refractivity contribution in [2.45, 2.75) is 50.7 Å². The molecule has 3 atom stereocenters. The second kappa shape index (κ2) is 3.12. The minimum Gasteiger partial charge on any atom is -0.229 e. The lowest BCUT2D eigenvalue weighted by atomic mass is 9.51. The summed E-state index contributed by atoms with van der Waals surface area (Å²) in [4.78, 5) is 0. The third-order valence-corrected chi connectivity index (χ3v) is 8.02. The topological polar surface area (TPSA) is 34.1 Å². The molecule has 1 aliphatic heterocycles. The number of rotatable bonds is 0. The maximum Gasteiger partial charge on any atom is 0.154 e. The molecule has 16 heavy (non-hydrogen) atoms. The Morgan fingerprint density at radius 2 is 1.81 bits per heavy atom. The molecule has 0 radical (unpaired) electrons. The first-order valence-electron chi connectivity index (χ1n) is 6.39. The Balaban J connectivity index is 2.17. The number of allylic oxidation sites excluding steroid dienone is 2. The molecule has 3 heteroatoms. The van der Waals surface area contributed by atoms with Crippen LogP contribution >= 0.6 is 0 Å². The third-order valence-electron chi connectivity index (χ3n) is 5.54. The fourth-order valence-corrected chi connectivity index (χ4v) is 7.29. The Kier molecular flexibility index (Phi) is 2.11. The van der Waals surface area contributed by atoms with Crippen molar-refractivity contribution in [1.29, 1.82) is 0 Å². The van der Waals surface area contributed by atoms with E-state index < -0.39 is 9.84 Å². The Morgan fingerprint density at radius 3 is 2.56 bits per heavy atom. The van der Waals surface area contributed by atoms with Gasteiger partial charge in [-0.05, 0) is 43.4 Å². The van der Waals surface area contributed by atoms with E-state index in [0.717, 1.165) is 25.7 Å². The summed E-state index contributed by atoms with van der Waals surface area (Å²) in [5, 5.41) is -0.120. The molecule has 3 rings (SSSR count). The fourth-order valence-electron chi connectivity index (χ4n) is 4.57. The molecule has 1 saturated heterocycles. The predicted octanol–water partition coefficient (Wildman–Crippen LogP) is 2.70. The highest BCUT2D eigenvalue weighted by atomic mass is 32.2. The van der Waals surface area contributed by atoms with Crippen LogP contribution < -0.4 is 0 Å². The van der Waals surface area contributed by atoms with Gasteiger partial charge in [-0.2, -0.15) is 0 Å². The average Bonchev–Trinajstić information content (AvgIpc) is 2.45. The summed E-state index contributed by atoms with van der Waals surface area (Å²) in [7, 11) is -2.85. The van der Waals surface area contributed by atoms with Gasteiger partial charge in [0.05, 0.1) is 11.0 Å². The monoisotopic (exact) mass is 240 g/mol. The summed E-state index contributed by atoms with van der Waals surface area (Å²) < 4.78 is 24.5. The number of hydrogen-bond donors (Lipinski definition) is 0. The van der Waals surface area contributed by atoms with Crippen molar-refractivity contribution in [3.63, 3.8) is 0 Å². The highest BCUT2D eigenvalue weighted by Crippen LogP contribution is 2.65. The highest BCUT2D eigenvalue weighted by Gasteiger charge is 2.64. The molecule has 0 aromatic carbocycles. The van der Waals surface area contributed by atoms with E-state index in [2.05, 4.69) is 12.2 Å². The molecule has 0 aromatic rings. The minimum atomic E-state index is -2.85. The van der Waals surface area contributed by atoms with Crippen molar-refractivity contribution in [3.05, 3.63) is 12.2 Å². The second-order valence-electron chi connectivity index (χ2n) is 5.97. The van der Waals surface area contributed by atoms with Crippen molar-refractivity contribution >= 4 is 9.84 Å². The molecule has 0 aromatic heterocycles. The number of sulfone groups is 1. The molecule has 3 aliphatic rings. The van der Waals surface area contributed by atoms with Gasteiger partial charge in [-0.1, -0.05) is 25.0 Å². The Morgan fingerprint density at radius 1 is 1.12 bits per heavy atom. The van der Waals surface area contributed by atoms with Crippen LogP contribution in [0.15, 0.2) is 12.2 Å². The zero-order valence-electron chi connectivity index (χ0n) is 9.91. The smallest absolute Gasteiger partial charge is 0.154 e. The maximum absolute atomic E-state index is 12.3. The van der Waals surface area contributed by atoms with E-state index in [-0.39, 0.29) is 16.1 Å². The molecular weight excluding hydrogens is 220 g/mol. The quantitative estimate of drug-likeness (QED) is 0.610. The van der Waals surface area contributed by atoms with Crippen LogP contribution in [0.25, 0.3) is 0 Å². The van der Waals surface area contributed by atoms with Crippen LogP contribution in [0.5, 0.6) is 0 Å². The van der Waals surface area contributed by atoms with Crippen LogP contribution in [0, 0.1) is 10.8 Å². The molecule has 1 heterocycles. The van der Waals surface area contributed by atoms with Crippen LogP contribution in [0.3, 0.4) is 0 Å². The van der Waals surface area contributed by atoms with Gasteiger partial charge in [0.2, 0.25) is 0 Å². The van der Waals surface area contributed by atoms with Crippen molar-refractivity contribution in [3.8, 4) is 0 Å². The lowest BCUT2D eigenvalue weighted by Crippen LogP contribution is -2.47. The summed E-state index contributed by atoms with van der Waals surface area (Å²) in [5.74, 6) is 0.450. The van der Waals surface area contributed by atoms with Crippen molar-refractivity contribution in [2.75, 3.05) is 5.75 Å². The van der Waals surface area contributed by atoms with E-state index in [1.807, 2.05) is 6.92 Å². The van der Waals surface area contributed by atoms with Crippen LogP contribution in [-0.4, -0.2) is 19.4 Å². The van der Waals surface area contributed by atoms with Crippen LogP contribution in [0.4, 0.5) is 0 Å². The summed E-state index contributed by atoms with van der Waals surface area (Å²) >= 11 is 0. The first kappa shape index (κ1) is 10.8. The molecule has 2 nitrogen and oxygen atoms in total. The van der Waals surface area contributed by atoms with Gasteiger partial charge >= 0.3 is 0 Å². The molecule has 0 unspecified atom stereocenters. The molecule has 0 amide bonds. The van der Waals surface area contributed by atoms with E-state index in [9.17, 15) is 8.42 Å². The Bertz CT molecular complexity index is 437. The fraction of sp³-hybridized carbons (Fsp3) is 0.846. The van der Waals surface area contributed by atoms with Gasteiger partial charge < -0.3 is 0 Å². The number of hydrogen-bond acceptors (Lipinski definition) is 2. The van der Waals surface area contributed by atoms with Gasteiger partial charge in [-0.3, -0.25) is 0 Å². The van der Waals surface area contributed by atoms with Crippen LogP contribution in [0.2, 0.25) is 0 Å². The van der Waals surface area contributed by atoms with Crippen LogP contribution in [0.1, 0.15) is 45.4 Å². The first-order valence-corrected chi connectivity index (χ1v) is 8.11. The van der Waals surface area contributed by atoms with Crippen LogP contribution in [-0.2, 0) is 9.84 Å². The largest absolute Gasteiger partial charge is 0.229 e. The molecule has 0 bridgehead atoms. The standard InChI is InChI=1S/C13H20O2S/c1-11-13-8-4-2-6-12(13,7-3-5-9-13)10-16(11,14)15/h2,4,11H,3,5-10H2,1H3/t11-,12-,13-/m0/s1. The molecule has 2 fully saturated rings. The molecule has 0 N–H and O–H groups in total. The van der Waals surface area contributed by atoms with Gasteiger partial charge in [0.25, 0.3) is 0 Å². The zero-order chi connectivity index (χ0) is 11.4. The first-order chi connectivity index (χ1) is 7.53. The lowest BCUT2D eigenvalue weighted by molar-refractivity contribution is 0.0154. The zero-order valence-corrected chi connectivity index (χ0v) is 10.7. The van der Waals surface area contributed by atoms with Gasteiger partial charge in [0, 0.05) is 0 Å². The minimum absolute atomic E-state index is 0.0822. The molecule has 90 valence electrons. The molecule has 1 saturated carbocycles. The summed E-state index contributed by atoms with van der Waals surface area (Å²) in [6.45, 7) is 1.96. The SMILES string of the molecule is C[C@H]1[C@@]23CC=CC[C@]2(CCCC3)CS1(=O)=O. The Labute approximate surface area is 98.0 Å². The highest BCUT2D eigenvalue weighted by molar-refractivity contribution is 7.92. The van der Waals surface area contributed by atoms with E-state index >= 15 is 0 Å². The second-order valence-corrected chi connectivity index (χ2v) is 8.29. The van der Waals surface area contributed by atoms with Gasteiger partial charge in [-0.25, -0.2) is 8.42 Å². The maximum atomic E-state index is 12.3. The van der Waals surface area contributed by atoms with Gasteiger partial charge in [0.15, 0.2) is 9.84 Å². The average molecular weight is 240 g/mol. The molecule has 2 aliphatic carbocycles. The van der Waals surface area contributed by atoms with E-state index in [1.165, 1.54) is 12.8 Å². The van der Waals surface area contributed by atoms with E-state index in [4.69, 9.17) is 0 Å². The van der Waals surface area contributed by atoms with E-state index in [0.29, 0.717) is 5.75 Å². The summed E-state index contributed by atoms with van der Waals surface area (Å²) in [6.07, 6.45) is 11.1.